The Hall–Kier alpha value is -2.64. The second-order valence-corrected chi connectivity index (χ2v) is 8.31. The van der Waals surface area contributed by atoms with E-state index in [0.717, 1.165) is 45.2 Å². The van der Waals surface area contributed by atoms with Crippen molar-refractivity contribution in [1.82, 2.24) is 19.7 Å². The first kappa shape index (κ1) is 19.7. The van der Waals surface area contributed by atoms with Crippen LogP contribution in [-0.2, 0) is 19.2 Å². The second kappa shape index (κ2) is 9.24. The van der Waals surface area contributed by atoms with Gasteiger partial charge < -0.3 is 9.30 Å². The van der Waals surface area contributed by atoms with Crippen LogP contribution in [0.2, 0.25) is 0 Å². The molecule has 0 bridgehead atoms. The van der Waals surface area contributed by atoms with Crippen molar-refractivity contribution < 1.29 is 4.74 Å². The van der Waals surface area contributed by atoms with Crippen molar-refractivity contribution >= 4 is 23.1 Å². The zero-order valence-electron chi connectivity index (χ0n) is 16.4. The molecule has 0 aliphatic rings. The van der Waals surface area contributed by atoms with Crippen molar-refractivity contribution in [2.75, 3.05) is 6.61 Å². The summed E-state index contributed by atoms with van der Waals surface area (Å²) in [5.41, 5.74) is 3.40. The number of thioether (sulfide) groups is 1. The van der Waals surface area contributed by atoms with E-state index in [0.29, 0.717) is 6.61 Å². The minimum Gasteiger partial charge on any atom is -0.494 e. The smallest absolute Gasteiger partial charge is 0.191 e. The summed E-state index contributed by atoms with van der Waals surface area (Å²) in [6.07, 6.45) is 0.781. The molecule has 2 aromatic heterocycles. The van der Waals surface area contributed by atoms with Gasteiger partial charge in [0.1, 0.15) is 16.6 Å². The summed E-state index contributed by atoms with van der Waals surface area (Å²) in [6, 6.07) is 18.4. The Kier molecular flexibility index (Phi) is 6.27. The summed E-state index contributed by atoms with van der Waals surface area (Å²) in [5.74, 6) is 2.62. The highest BCUT2D eigenvalue weighted by Crippen LogP contribution is 2.28. The number of benzene rings is 2. The molecule has 0 aliphatic heterocycles. The molecular weight excluding hydrogens is 400 g/mol. The molecule has 5 nitrogen and oxygen atoms in total. The highest BCUT2D eigenvalue weighted by molar-refractivity contribution is 7.98. The maximum Gasteiger partial charge on any atom is 0.191 e. The molecule has 2 aromatic carbocycles. The van der Waals surface area contributed by atoms with Crippen LogP contribution >= 0.6 is 23.1 Å². The van der Waals surface area contributed by atoms with E-state index in [-0.39, 0.29) is 0 Å². The van der Waals surface area contributed by atoms with E-state index in [1.165, 1.54) is 5.56 Å². The Balaban J connectivity index is 1.39. The third kappa shape index (κ3) is 4.86. The van der Waals surface area contributed by atoms with Crippen LogP contribution in [0.1, 0.15) is 24.0 Å². The van der Waals surface area contributed by atoms with E-state index in [2.05, 4.69) is 44.4 Å². The summed E-state index contributed by atoms with van der Waals surface area (Å²) < 4.78 is 7.57. The van der Waals surface area contributed by atoms with Crippen LogP contribution in [0.5, 0.6) is 5.75 Å². The lowest BCUT2D eigenvalue weighted by molar-refractivity contribution is 0.340. The van der Waals surface area contributed by atoms with E-state index in [1.54, 1.807) is 23.1 Å². The van der Waals surface area contributed by atoms with Crippen molar-refractivity contribution in [2.24, 2.45) is 7.05 Å². The number of thiazole rings is 1. The molecule has 4 rings (SSSR count). The average Bonchev–Trinajstić information content (AvgIpc) is 3.36. The Labute approximate surface area is 178 Å². The lowest BCUT2D eigenvalue weighted by atomic mass is 10.1. The number of hydrogen-bond donors (Lipinski definition) is 0. The Morgan fingerprint density at radius 1 is 1.03 bits per heavy atom. The molecule has 4 aromatic rings. The van der Waals surface area contributed by atoms with Crippen molar-refractivity contribution in [3.8, 4) is 16.3 Å². The molecule has 148 valence electrons. The van der Waals surface area contributed by atoms with Crippen LogP contribution < -0.4 is 4.74 Å². The van der Waals surface area contributed by atoms with Gasteiger partial charge in [0.25, 0.3) is 0 Å². The number of hydrogen-bond acceptors (Lipinski definition) is 6. The molecule has 0 amide bonds. The van der Waals surface area contributed by atoms with Crippen LogP contribution in [0.3, 0.4) is 0 Å². The maximum absolute atomic E-state index is 5.50. The summed E-state index contributed by atoms with van der Waals surface area (Å²) in [5, 5.41) is 12.8. The van der Waals surface area contributed by atoms with Gasteiger partial charge in [-0.1, -0.05) is 42.1 Å². The normalized spacial score (nSPS) is 11.0. The number of ether oxygens (including phenoxy) is 1. The minimum absolute atomic E-state index is 0.674. The van der Waals surface area contributed by atoms with Crippen molar-refractivity contribution in [1.29, 1.82) is 0 Å². The third-order valence-electron chi connectivity index (χ3n) is 4.44. The fraction of sp³-hybridized carbons (Fsp3) is 0.227. The van der Waals surface area contributed by atoms with E-state index >= 15 is 0 Å². The van der Waals surface area contributed by atoms with E-state index in [9.17, 15) is 0 Å². The van der Waals surface area contributed by atoms with Crippen molar-refractivity contribution in [2.45, 2.75) is 24.3 Å². The maximum atomic E-state index is 5.50. The van der Waals surface area contributed by atoms with E-state index in [4.69, 9.17) is 9.72 Å². The van der Waals surface area contributed by atoms with Crippen LogP contribution in [-0.4, -0.2) is 26.4 Å². The zero-order chi connectivity index (χ0) is 20.1. The predicted octanol–water partition coefficient (Wildman–Crippen LogP) is 5.22. The highest BCUT2D eigenvalue weighted by atomic mass is 32.2. The quantitative estimate of drug-likeness (QED) is 0.364. The van der Waals surface area contributed by atoms with Crippen molar-refractivity contribution in [3.05, 3.63) is 77.1 Å². The van der Waals surface area contributed by atoms with Crippen LogP contribution in [0.4, 0.5) is 0 Å². The lowest BCUT2D eigenvalue weighted by Gasteiger charge is -2.03. The first-order valence-electron chi connectivity index (χ1n) is 9.45. The minimum atomic E-state index is 0.674. The molecule has 0 unspecified atom stereocenters. The third-order valence-corrected chi connectivity index (χ3v) is 6.44. The Bertz CT molecular complexity index is 1060. The Morgan fingerprint density at radius 3 is 2.59 bits per heavy atom. The molecule has 7 heteroatoms. The van der Waals surface area contributed by atoms with Crippen LogP contribution in [0, 0.1) is 0 Å². The van der Waals surface area contributed by atoms with E-state index in [1.807, 2.05) is 44.3 Å². The molecule has 0 N–H and O–H groups in total. The monoisotopic (exact) mass is 422 g/mol. The first-order chi connectivity index (χ1) is 14.2. The number of rotatable bonds is 8. The van der Waals surface area contributed by atoms with Crippen LogP contribution in [0.15, 0.2) is 65.1 Å². The summed E-state index contributed by atoms with van der Waals surface area (Å²) in [6.45, 7) is 2.66. The molecule has 0 radical (unpaired) electrons. The van der Waals surface area contributed by atoms with Gasteiger partial charge in [0.05, 0.1) is 12.3 Å². The van der Waals surface area contributed by atoms with E-state index < -0.39 is 0 Å². The van der Waals surface area contributed by atoms with Gasteiger partial charge in [0.15, 0.2) is 5.16 Å². The van der Waals surface area contributed by atoms with Gasteiger partial charge in [-0.25, -0.2) is 4.98 Å². The van der Waals surface area contributed by atoms with Crippen LogP contribution in [0.25, 0.3) is 10.6 Å². The molecule has 0 atom stereocenters. The fourth-order valence-electron chi connectivity index (χ4n) is 2.91. The van der Waals surface area contributed by atoms with Gasteiger partial charge in [0.2, 0.25) is 0 Å². The molecule has 0 saturated carbocycles. The van der Waals surface area contributed by atoms with Gasteiger partial charge in [0, 0.05) is 30.2 Å². The van der Waals surface area contributed by atoms with Gasteiger partial charge in [-0.05, 0) is 36.8 Å². The lowest BCUT2D eigenvalue weighted by Crippen LogP contribution is -2.00. The SMILES string of the molecule is CCOc1ccc(-c2nc(CSc3nnc(Cc4ccccc4)n3C)cs2)cc1. The summed E-state index contributed by atoms with van der Waals surface area (Å²) in [4.78, 5) is 4.77. The number of nitrogens with zero attached hydrogens (tertiary/aromatic N) is 4. The molecule has 0 spiro atoms. The van der Waals surface area contributed by atoms with Gasteiger partial charge >= 0.3 is 0 Å². The molecule has 0 saturated heterocycles. The molecule has 0 aliphatic carbocycles. The number of aromatic nitrogens is 4. The fourth-order valence-corrected chi connectivity index (χ4v) is 4.66. The summed E-state index contributed by atoms with van der Waals surface area (Å²) >= 11 is 3.32. The van der Waals surface area contributed by atoms with Gasteiger partial charge in [-0.3, -0.25) is 0 Å². The zero-order valence-corrected chi connectivity index (χ0v) is 18.0. The second-order valence-electron chi connectivity index (χ2n) is 6.51. The average molecular weight is 423 g/mol. The van der Waals surface area contributed by atoms with Crippen molar-refractivity contribution in [3.63, 3.8) is 0 Å². The molecule has 0 fully saturated rings. The Morgan fingerprint density at radius 2 is 1.83 bits per heavy atom. The standard InChI is InChI=1S/C22H22N4OS2/c1-3-27-19-11-9-17(10-12-19)21-23-18(14-28-21)15-29-22-25-24-20(26(22)2)13-16-7-5-4-6-8-16/h4-12,14H,3,13,15H2,1-2H3. The molecule has 29 heavy (non-hydrogen) atoms. The largest absolute Gasteiger partial charge is 0.494 e. The topological polar surface area (TPSA) is 52.8 Å². The van der Waals surface area contributed by atoms with Gasteiger partial charge in [-0.2, -0.15) is 0 Å². The first-order valence-corrected chi connectivity index (χ1v) is 11.3. The van der Waals surface area contributed by atoms with Gasteiger partial charge in [-0.15, -0.1) is 21.5 Å². The highest BCUT2D eigenvalue weighted by Gasteiger charge is 2.12. The molecular formula is C22H22N4OS2. The summed E-state index contributed by atoms with van der Waals surface area (Å²) in [7, 11) is 2.02. The predicted molar refractivity (Wildman–Crippen MR) is 119 cm³/mol. The molecule has 2 heterocycles.